The lowest BCUT2D eigenvalue weighted by molar-refractivity contribution is -0.137. The molecule has 7 nitrogen and oxygen atoms in total. The van der Waals surface area contributed by atoms with Gasteiger partial charge in [-0.05, 0) is 39.9 Å². The zero-order chi connectivity index (χ0) is 23.4. The molecule has 1 atom stereocenters. The maximum atomic E-state index is 12.7. The van der Waals surface area contributed by atoms with E-state index in [2.05, 4.69) is 17.4 Å². The van der Waals surface area contributed by atoms with Gasteiger partial charge in [0.05, 0.1) is 26.7 Å². The maximum absolute atomic E-state index is 12.7. The first-order valence-electron chi connectivity index (χ1n) is 10.6. The third-order valence-electron chi connectivity index (χ3n) is 5.82. The molecule has 0 fully saturated rings. The summed E-state index contributed by atoms with van der Waals surface area (Å²) in [6.45, 7) is 0.144. The first-order chi connectivity index (χ1) is 16.0. The minimum absolute atomic E-state index is 0.0813. The summed E-state index contributed by atoms with van der Waals surface area (Å²) in [6, 6.07) is 20.3. The lowest BCUT2D eigenvalue weighted by Gasteiger charge is -2.20. The molecule has 0 aromatic heterocycles. The van der Waals surface area contributed by atoms with Crippen LogP contribution in [0.15, 0.2) is 66.7 Å². The van der Waals surface area contributed by atoms with E-state index in [1.165, 1.54) is 14.2 Å². The molecule has 1 aliphatic carbocycles. The van der Waals surface area contributed by atoms with E-state index in [4.69, 9.17) is 14.2 Å². The van der Waals surface area contributed by atoms with Crippen LogP contribution in [0.4, 0.5) is 4.79 Å². The van der Waals surface area contributed by atoms with Crippen LogP contribution in [0.5, 0.6) is 11.5 Å². The van der Waals surface area contributed by atoms with Crippen LogP contribution in [-0.2, 0) is 9.53 Å². The lowest BCUT2D eigenvalue weighted by Crippen LogP contribution is -2.31. The van der Waals surface area contributed by atoms with Crippen molar-refractivity contribution in [2.24, 2.45) is 0 Å². The Balaban J connectivity index is 1.49. The maximum Gasteiger partial charge on any atom is 0.407 e. The number of hydrogen-bond acceptors (Lipinski definition) is 5. The van der Waals surface area contributed by atoms with Crippen molar-refractivity contribution >= 4 is 12.1 Å². The minimum atomic E-state index is -1.05. The van der Waals surface area contributed by atoms with Gasteiger partial charge in [0, 0.05) is 5.92 Å². The highest BCUT2D eigenvalue weighted by Gasteiger charge is 2.29. The standard InChI is InChI=1S/C26H25NO6/c1-31-23-12-11-16(13-24(23)32-2)22(14-25(28)29)27-26(30)33-15-21-19-9-5-3-7-17(19)18-8-4-6-10-20(18)21/h3-13,21-22H,14-15H2,1-2H3,(H,27,30)(H,28,29). The normalized spacial score (nSPS) is 12.9. The molecule has 7 heteroatoms. The molecular formula is C26H25NO6. The third-order valence-corrected chi connectivity index (χ3v) is 5.82. The van der Waals surface area contributed by atoms with Crippen LogP contribution in [0.25, 0.3) is 11.1 Å². The Labute approximate surface area is 191 Å². The van der Waals surface area contributed by atoms with E-state index >= 15 is 0 Å². The second-order valence-corrected chi connectivity index (χ2v) is 7.73. The van der Waals surface area contributed by atoms with Crippen LogP contribution in [0.3, 0.4) is 0 Å². The van der Waals surface area contributed by atoms with Crippen molar-refractivity contribution in [3.05, 3.63) is 83.4 Å². The number of carboxylic acid groups (broad SMARTS) is 1. The Hall–Kier alpha value is -4.00. The van der Waals surface area contributed by atoms with Crippen molar-refractivity contribution in [3.8, 4) is 22.6 Å². The van der Waals surface area contributed by atoms with E-state index < -0.39 is 18.1 Å². The number of ether oxygens (including phenoxy) is 3. The summed E-state index contributed by atoms with van der Waals surface area (Å²) in [4.78, 5) is 24.1. The number of hydrogen-bond donors (Lipinski definition) is 2. The van der Waals surface area contributed by atoms with Gasteiger partial charge in [-0.15, -0.1) is 0 Å². The van der Waals surface area contributed by atoms with Crippen molar-refractivity contribution in [1.82, 2.24) is 5.32 Å². The first kappa shape index (κ1) is 22.2. The van der Waals surface area contributed by atoms with E-state index in [1.54, 1.807) is 18.2 Å². The summed E-state index contributed by atoms with van der Waals surface area (Å²) in [5.74, 6) is -0.174. The fraction of sp³-hybridized carbons (Fsp3) is 0.231. The summed E-state index contributed by atoms with van der Waals surface area (Å²) in [5, 5.41) is 12.0. The zero-order valence-electron chi connectivity index (χ0n) is 18.4. The number of carbonyl (C=O) groups is 2. The van der Waals surface area contributed by atoms with Gasteiger partial charge in [-0.2, -0.15) is 0 Å². The van der Waals surface area contributed by atoms with Crippen LogP contribution < -0.4 is 14.8 Å². The number of methoxy groups -OCH3 is 2. The number of alkyl carbamates (subject to hydrolysis) is 1. The number of amides is 1. The second-order valence-electron chi connectivity index (χ2n) is 7.73. The summed E-state index contributed by atoms with van der Waals surface area (Å²) < 4.78 is 16.1. The van der Waals surface area contributed by atoms with Crippen molar-refractivity contribution in [2.45, 2.75) is 18.4 Å². The van der Waals surface area contributed by atoms with Gasteiger partial charge in [0.25, 0.3) is 0 Å². The quantitative estimate of drug-likeness (QED) is 0.517. The topological polar surface area (TPSA) is 94.1 Å². The lowest BCUT2D eigenvalue weighted by atomic mass is 9.98. The fourth-order valence-corrected chi connectivity index (χ4v) is 4.28. The molecule has 4 rings (SSSR count). The number of benzene rings is 3. The van der Waals surface area contributed by atoms with Gasteiger partial charge in [0.15, 0.2) is 11.5 Å². The average molecular weight is 447 g/mol. The average Bonchev–Trinajstić information content (AvgIpc) is 3.15. The molecule has 3 aromatic carbocycles. The van der Waals surface area contributed by atoms with Gasteiger partial charge in [-0.1, -0.05) is 54.6 Å². The Morgan fingerprint density at radius 1 is 0.909 bits per heavy atom. The molecule has 0 heterocycles. The van der Waals surface area contributed by atoms with E-state index in [1.807, 2.05) is 36.4 Å². The van der Waals surface area contributed by atoms with E-state index in [-0.39, 0.29) is 18.9 Å². The number of rotatable bonds is 8. The summed E-state index contributed by atoms with van der Waals surface area (Å²) in [5.41, 5.74) is 5.05. The van der Waals surface area contributed by atoms with Gasteiger partial charge in [-0.3, -0.25) is 4.79 Å². The van der Waals surface area contributed by atoms with Crippen LogP contribution in [-0.4, -0.2) is 38.0 Å². The monoisotopic (exact) mass is 447 g/mol. The first-order valence-corrected chi connectivity index (χ1v) is 10.6. The highest BCUT2D eigenvalue weighted by molar-refractivity contribution is 5.79. The van der Waals surface area contributed by atoms with Crippen molar-refractivity contribution in [1.29, 1.82) is 0 Å². The molecule has 0 bridgehead atoms. The van der Waals surface area contributed by atoms with Crippen molar-refractivity contribution in [3.63, 3.8) is 0 Å². The molecule has 33 heavy (non-hydrogen) atoms. The van der Waals surface area contributed by atoms with E-state index in [9.17, 15) is 14.7 Å². The predicted molar refractivity (Wildman–Crippen MR) is 123 cm³/mol. The number of carboxylic acids is 1. The molecule has 0 saturated heterocycles. The van der Waals surface area contributed by atoms with Gasteiger partial charge in [0.1, 0.15) is 6.61 Å². The molecule has 1 unspecified atom stereocenters. The van der Waals surface area contributed by atoms with E-state index in [0.717, 1.165) is 22.3 Å². The van der Waals surface area contributed by atoms with Gasteiger partial charge in [-0.25, -0.2) is 4.79 Å². The van der Waals surface area contributed by atoms with Gasteiger partial charge in [0.2, 0.25) is 0 Å². The van der Waals surface area contributed by atoms with Crippen LogP contribution in [0.2, 0.25) is 0 Å². The van der Waals surface area contributed by atoms with Crippen LogP contribution >= 0.6 is 0 Å². The van der Waals surface area contributed by atoms with Gasteiger partial charge < -0.3 is 24.6 Å². The fourth-order valence-electron chi connectivity index (χ4n) is 4.28. The van der Waals surface area contributed by atoms with Crippen LogP contribution in [0.1, 0.15) is 35.1 Å². The third kappa shape index (κ3) is 4.62. The second kappa shape index (κ2) is 9.65. The Morgan fingerprint density at radius 3 is 2.09 bits per heavy atom. The predicted octanol–water partition coefficient (Wildman–Crippen LogP) is 4.76. The number of carbonyl (C=O) groups excluding carboxylic acids is 1. The summed E-state index contributed by atoms with van der Waals surface area (Å²) >= 11 is 0. The molecule has 1 amide bonds. The number of aliphatic carboxylic acids is 1. The zero-order valence-corrected chi connectivity index (χ0v) is 18.4. The Morgan fingerprint density at radius 2 is 1.52 bits per heavy atom. The summed E-state index contributed by atoms with van der Waals surface area (Å²) in [6.07, 6.45) is -0.988. The molecule has 3 aromatic rings. The van der Waals surface area contributed by atoms with Crippen molar-refractivity contribution < 1.29 is 28.9 Å². The molecule has 0 aliphatic heterocycles. The smallest absolute Gasteiger partial charge is 0.407 e. The molecule has 0 radical (unpaired) electrons. The van der Waals surface area contributed by atoms with Gasteiger partial charge >= 0.3 is 12.1 Å². The molecule has 0 saturated carbocycles. The highest BCUT2D eigenvalue weighted by Crippen LogP contribution is 2.44. The van der Waals surface area contributed by atoms with E-state index in [0.29, 0.717) is 17.1 Å². The SMILES string of the molecule is COc1ccc(C(CC(=O)O)NC(=O)OCC2c3ccccc3-c3ccccc32)cc1OC. The molecule has 0 spiro atoms. The minimum Gasteiger partial charge on any atom is -0.493 e. The molecular weight excluding hydrogens is 422 g/mol. The number of fused-ring (bicyclic) bond motifs is 3. The Kier molecular flexibility index (Phi) is 6.49. The van der Waals surface area contributed by atoms with Crippen molar-refractivity contribution in [2.75, 3.05) is 20.8 Å². The largest absolute Gasteiger partial charge is 0.493 e. The summed E-state index contributed by atoms with van der Waals surface area (Å²) in [7, 11) is 3.01. The number of nitrogens with one attached hydrogen (secondary N) is 1. The molecule has 1 aliphatic rings. The Bertz CT molecular complexity index is 1130. The molecule has 170 valence electrons. The molecule has 2 N–H and O–H groups in total. The highest BCUT2D eigenvalue weighted by atomic mass is 16.5. The van der Waals surface area contributed by atoms with Crippen LogP contribution in [0, 0.1) is 0 Å².